The Kier molecular flexibility index (Phi) is 8.33. The van der Waals surface area contributed by atoms with Crippen molar-refractivity contribution in [2.45, 2.75) is 12.6 Å². The van der Waals surface area contributed by atoms with Crippen molar-refractivity contribution in [2.75, 3.05) is 40.5 Å². The van der Waals surface area contributed by atoms with Gasteiger partial charge in [0.15, 0.2) is 5.96 Å². The summed E-state index contributed by atoms with van der Waals surface area (Å²) in [6.07, 6.45) is 1.93. The van der Waals surface area contributed by atoms with Crippen molar-refractivity contribution in [3.63, 3.8) is 0 Å². The Bertz CT molecular complexity index is 686. The highest BCUT2D eigenvalue weighted by Crippen LogP contribution is 2.16. The van der Waals surface area contributed by atoms with Crippen LogP contribution < -0.4 is 5.32 Å². The number of guanidine groups is 1. The van der Waals surface area contributed by atoms with Gasteiger partial charge in [-0.2, -0.15) is 0 Å². The fourth-order valence-corrected chi connectivity index (χ4v) is 2.75. The quantitative estimate of drug-likeness (QED) is 0.397. The van der Waals surface area contributed by atoms with Crippen molar-refractivity contribution in [3.8, 4) is 11.3 Å². The largest absolute Gasteiger partial charge is 0.376 e. The predicted molar refractivity (Wildman–Crippen MR) is 113 cm³/mol. The summed E-state index contributed by atoms with van der Waals surface area (Å²) in [5, 5.41) is 3.33. The molecule has 0 aliphatic carbocycles. The molecule has 2 heterocycles. The van der Waals surface area contributed by atoms with E-state index in [0.29, 0.717) is 32.9 Å². The van der Waals surface area contributed by atoms with E-state index in [2.05, 4.69) is 32.4 Å². The van der Waals surface area contributed by atoms with Gasteiger partial charge in [-0.3, -0.25) is 4.99 Å². The van der Waals surface area contributed by atoms with Gasteiger partial charge in [0.05, 0.1) is 44.4 Å². The monoisotopic (exact) mass is 471 g/mol. The fourth-order valence-electron chi connectivity index (χ4n) is 2.75. The van der Waals surface area contributed by atoms with Crippen LogP contribution >= 0.6 is 24.0 Å². The van der Waals surface area contributed by atoms with Crippen LogP contribution in [-0.2, 0) is 16.0 Å². The molecule has 1 atom stereocenters. The van der Waals surface area contributed by atoms with Gasteiger partial charge in [-0.1, -0.05) is 30.3 Å². The number of imidazole rings is 1. The highest BCUT2D eigenvalue weighted by Gasteiger charge is 2.16. The van der Waals surface area contributed by atoms with Crippen molar-refractivity contribution in [2.24, 2.45) is 4.99 Å². The first-order valence-electron chi connectivity index (χ1n) is 8.46. The maximum absolute atomic E-state index is 5.64. The molecule has 2 N–H and O–H groups in total. The van der Waals surface area contributed by atoms with Gasteiger partial charge in [-0.15, -0.1) is 24.0 Å². The van der Waals surface area contributed by atoms with Crippen LogP contribution in [0.25, 0.3) is 11.3 Å². The maximum atomic E-state index is 5.64. The Labute approximate surface area is 171 Å². The first-order valence-corrected chi connectivity index (χ1v) is 8.46. The Balaban J connectivity index is 0.00000243. The lowest BCUT2D eigenvalue weighted by atomic mass is 10.2. The number of aromatic nitrogens is 2. The number of H-pyrrole nitrogens is 1. The standard InChI is InChI=1S/C18H25N5O2.HI/c1-19-18(21-10-15-13-24-8-9-25-15)23(2)12-17-20-11-16(22-17)14-6-4-3-5-7-14;/h3-7,11,15H,8-10,12-13H2,1-2H3,(H,19,21)(H,20,22);1H. The molecule has 2 aromatic rings. The number of benzene rings is 1. The van der Waals surface area contributed by atoms with E-state index < -0.39 is 0 Å². The van der Waals surface area contributed by atoms with E-state index >= 15 is 0 Å². The number of nitrogens with one attached hydrogen (secondary N) is 2. The van der Waals surface area contributed by atoms with Crippen LogP contribution in [0, 0.1) is 0 Å². The van der Waals surface area contributed by atoms with E-state index in [0.717, 1.165) is 23.0 Å². The van der Waals surface area contributed by atoms with Crippen molar-refractivity contribution in [1.29, 1.82) is 0 Å². The number of halogens is 1. The lowest BCUT2D eigenvalue weighted by Gasteiger charge is -2.26. The highest BCUT2D eigenvalue weighted by molar-refractivity contribution is 14.0. The van der Waals surface area contributed by atoms with Gasteiger partial charge in [0.2, 0.25) is 0 Å². The van der Waals surface area contributed by atoms with Crippen LogP contribution in [0.1, 0.15) is 5.82 Å². The number of nitrogens with zero attached hydrogens (tertiary/aromatic N) is 3. The van der Waals surface area contributed by atoms with E-state index in [9.17, 15) is 0 Å². The molecule has 0 spiro atoms. The van der Waals surface area contributed by atoms with E-state index in [1.54, 1.807) is 7.05 Å². The third-order valence-electron chi connectivity index (χ3n) is 4.05. The summed E-state index contributed by atoms with van der Waals surface area (Å²) in [4.78, 5) is 14.2. The SMILES string of the molecule is CN=C(NCC1COCCO1)N(C)Cc1ncc(-c2ccccc2)[nH]1.I. The lowest BCUT2D eigenvalue weighted by molar-refractivity contribution is -0.0851. The third kappa shape index (κ3) is 5.68. The van der Waals surface area contributed by atoms with Crippen molar-refractivity contribution >= 4 is 29.9 Å². The summed E-state index contributed by atoms with van der Waals surface area (Å²) in [5.74, 6) is 1.69. The zero-order valence-electron chi connectivity index (χ0n) is 15.1. The molecule has 7 nitrogen and oxygen atoms in total. The summed E-state index contributed by atoms with van der Waals surface area (Å²) < 4.78 is 11.1. The van der Waals surface area contributed by atoms with Crippen LogP contribution in [-0.4, -0.2) is 67.4 Å². The minimum atomic E-state index is 0. The summed E-state index contributed by atoms with van der Waals surface area (Å²) in [7, 11) is 3.76. The Hall–Kier alpha value is -1.65. The molecule has 0 radical (unpaired) electrons. The van der Waals surface area contributed by atoms with Gasteiger partial charge in [0.25, 0.3) is 0 Å². The van der Waals surface area contributed by atoms with Crippen LogP contribution in [0.5, 0.6) is 0 Å². The molecule has 1 aromatic carbocycles. The minimum Gasteiger partial charge on any atom is -0.376 e. The second kappa shape index (κ2) is 10.5. The average Bonchev–Trinajstić information content (AvgIpc) is 3.12. The zero-order chi connectivity index (χ0) is 17.5. The van der Waals surface area contributed by atoms with Crippen molar-refractivity contribution in [1.82, 2.24) is 20.2 Å². The summed E-state index contributed by atoms with van der Waals surface area (Å²) >= 11 is 0. The van der Waals surface area contributed by atoms with Crippen LogP contribution in [0.3, 0.4) is 0 Å². The Morgan fingerprint density at radius 3 is 2.85 bits per heavy atom. The fraction of sp³-hybridized carbons (Fsp3) is 0.444. The molecule has 1 aromatic heterocycles. The predicted octanol–water partition coefficient (Wildman–Crippen LogP) is 2.12. The Morgan fingerprint density at radius 2 is 2.15 bits per heavy atom. The number of aliphatic imine (C=N–C) groups is 1. The smallest absolute Gasteiger partial charge is 0.193 e. The maximum Gasteiger partial charge on any atom is 0.193 e. The van der Waals surface area contributed by atoms with Gasteiger partial charge < -0.3 is 24.7 Å². The van der Waals surface area contributed by atoms with Gasteiger partial charge in [-0.05, 0) is 5.56 Å². The normalized spacial score (nSPS) is 17.5. The molecular formula is C18H26IN5O2. The summed E-state index contributed by atoms with van der Waals surface area (Å²) in [5.41, 5.74) is 2.14. The summed E-state index contributed by atoms with van der Waals surface area (Å²) in [6.45, 7) is 3.24. The van der Waals surface area contributed by atoms with Gasteiger partial charge >= 0.3 is 0 Å². The molecule has 1 unspecified atom stereocenters. The second-order valence-corrected chi connectivity index (χ2v) is 5.96. The molecule has 0 saturated carbocycles. The zero-order valence-corrected chi connectivity index (χ0v) is 17.5. The molecule has 1 fully saturated rings. The van der Waals surface area contributed by atoms with Gasteiger partial charge in [0, 0.05) is 20.6 Å². The van der Waals surface area contributed by atoms with Crippen LogP contribution in [0.15, 0.2) is 41.5 Å². The van der Waals surface area contributed by atoms with E-state index in [1.165, 1.54) is 0 Å². The van der Waals surface area contributed by atoms with Crippen LogP contribution in [0.2, 0.25) is 0 Å². The first-order chi connectivity index (χ1) is 12.3. The molecule has 8 heteroatoms. The second-order valence-electron chi connectivity index (χ2n) is 5.96. The number of aromatic amines is 1. The van der Waals surface area contributed by atoms with E-state index in [4.69, 9.17) is 9.47 Å². The van der Waals surface area contributed by atoms with E-state index in [-0.39, 0.29) is 30.1 Å². The molecule has 1 aliphatic heterocycles. The highest BCUT2D eigenvalue weighted by atomic mass is 127. The van der Waals surface area contributed by atoms with E-state index in [1.807, 2.05) is 36.3 Å². The molecule has 1 saturated heterocycles. The number of hydrogen-bond acceptors (Lipinski definition) is 4. The molecule has 3 rings (SSSR count). The topological polar surface area (TPSA) is 74.8 Å². The lowest BCUT2D eigenvalue weighted by Crippen LogP contribution is -2.45. The third-order valence-corrected chi connectivity index (χ3v) is 4.05. The van der Waals surface area contributed by atoms with Gasteiger partial charge in [0.1, 0.15) is 5.82 Å². The molecular weight excluding hydrogens is 445 g/mol. The minimum absolute atomic E-state index is 0. The van der Waals surface area contributed by atoms with Gasteiger partial charge in [-0.25, -0.2) is 4.98 Å². The molecule has 0 amide bonds. The molecule has 142 valence electrons. The van der Waals surface area contributed by atoms with Crippen molar-refractivity contribution < 1.29 is 9.47 Å². The van der Waals surface area contributed by atoms with Crippen molar-refractivity contribution in [3.05, 3.63) is 42.4 Å². The molecule has 26 heavy (non-hydrogen) atoms. The molecule has 0 bridgehead atoms. The number of ether oxygens (including phenoxy) is 2. The average molecular weight is 471 g/mol. The van der Waals surface area contributed by atoms with Crippen LogP contribution in [0.4, 0.5) is 0 Å². The first kappa shape index (κ1) is 20.7. The Morgan fingerprint density at radius 1 is 1.35 bits per heavy atom. The molecule has 1 aliphatic rings. The summed E-state index contributed by atoms with van der Waals surface area (Å²) in [6, 6.07) is 10.2. The number of rotatable bonds is 5. The number of hydrogen-bond donors (Lipinski definition) is 2.